The van der Waals surface area contributed by atoms with E-state index in [4.69, 9.17) is 4.74 Å². The van der Waals surface area contributed by atoms with Crippen molar-refractivity contribution >= 4 is 5.91 Å². The third-order valence-corrected chi connectivity index (χ3v) is 3.97. The molecule has 1 aliphatic heterocycles. The van der Waals surface area contributed by atoms with Gasteiger partial charge in [-0.05, 0) is 36.4 Å². The fourth-order valence-electron chi connectivity index (χ4n) is 2.73. The summed E-state index contributed by atoms with van der Waals surface area (Å²) in [6, 6.07) is 9.89. The highest BCUT2D eigenvalue weighted by Crippen LogP contribution is 2.26. The highest BCUT2D eigenvalue weighted by atomic mass is 16.6. The Morgan fingerprint density at radius 3 is 2.82 bits per heavy atom. The minimum absolute atomic E-state index is 0.0727. The van der Waals surface area contributed by atoms with Crippen LogP contribution in [0.1, 0.15) is 40.6 Å². The van der Waals surface area contributed by atoms with Crippen LogP contribution < -0.4 is 5.32 Å². The molecule has 0 spiro atoms. The maximum Gasteiger partial charge on any atom is 0.275 e. The van der Waals surface area contributed by atoms with E-state index in [2.05, 4.69) is 20.3 Å². The minimum Gasteiger partial charge on any atom is -0.381 e. The summed E-state index contributed by atoms with van der Waals surface area (Å²) in [4.78, 5) is 12.4. The summed E-state index contributed by atoms with van der Waals surface area (Å²) in [5.74, 6) is 0.202. The number of amides is 1. The molecule has 1 aromatic carbocycles. The van der Waals surface area contributed by atoms with Gasteiger partial charge in [-0.25, -0.2) is 4.63 Å². The van der Waals surface area contributed by atoms with Crippen LogP contribution in [0.25, 0.3) is 0 Å². The van der Waals surface area contributed by atoms with Crippen molar-refractivity contribution in [1.29, 1.82) is 0 Å². The van der Waals surface area contributed by atoms with Crippen molar-refractivity contribution < 1.29 is 14.2 Å². The Balaban J connectivity index is 1.76. The number of aromatic nitrogens is 2. The Morgan fingerprint density at radius 2 is 2.18 bits per heavy atom. The van der Waals surface area contributed by atoms with Gasteiger partial charge in [0.15, 0.2) is 5.69 Å². The molecule has 2 aromatic rings. The molecule has 2 unspecified atom stereocenters. The molecular formula is C16H19N3O3. The molecule has 116 valence electrons. The van der Waals surface area contributed by atoms with Crippen LogP contribution in [0.2, 0.25) is 0 Å². The maximum atomic E-state index is 12.4. The van der Waals surface area contributed by atoms with E-state index < -0.39 is 0 Å². The van der Waals surface area contributed by atoms with Gasteiger partial charge in [-0.1, -0.05) is 35.5 Å². The van der Waals surface area contributed by atoms with Crippen LogP contribution in [-0.4, -0.2) is 29.4 Å². The zero-order valence-electron chi connectivity index (χ0n) is 12.5. The van der Waals surface area contributed by atoms with E-state index in [1.54, 1.807) is 6.92 Å². The first-order valence-electron chi connectivity index (χ1n) is 7.46. The first-order chi connectivity index (χ1) is 10.7. The van der Waals surface area contributed by atoms with E-state index in [1.165, 1.54) is 0 Å². The predicted molar refractivity (Wildman–Crippen MR) is 79.2 cm³/mol. The lowest BCUT2D eigenvalue weighted by Gasteiger charge is -2.21. The molecule has 1 amide bonds. The predicted octanol–water partition coefficient (Wildman–Crippen LogP) is 2.28. The van der Waals surface area contributed by atoms with Gasteiger partial charge in [-0.15, -0.1) is 0 Å². The van der Waals surface area contributed by atoms with Crippen molar-refractivity contribution in [2.45, 2.75) is 25.8 Å². The monoisotopic (exact) mass is 301 g/mol. The van der Waals surface area contributed by atoms with Crippen LogP contribution >= 0.6 is 0 Å². The fraction of sp³-hybridized carbons (Fsp3) is 0.438. The molecule has 6 heteroatoms. The molecule has 0 bridgehead atoms. The van der Waals surface area contributed by atoms with Crippen LogP contribution in [0.3, 0.4) is 0 Å². The Kier molecular flexibility index (Phi) is 4.48. The molecule has 1 aliphatic rings. The quantitative estimate of drug-likeness (QED) is 0.916. The molecule has 1 aromatic heterocycles. The number of aryl methyl sites for hydroxylation is 1. The lowest BCUT2D eigenvalue weighted by atomic mass is 9.94. The van der Waals surface area contributed by atoms with Crippen LogP contribution in [0.4, 0.5) is 0 Å². The molecule has 0 radical (unpaired) electrons. The number of nitrogens with zero attached hydrogens (tertiary/aromatic N) is 2. The number of ether oxygens (including phenoxy) is 1. The second kappa shape index (κ2) is 6.70. The summed E-state index contributed by atoms with van der Waals surface area (Å²) < 4.78 is 10.0. The molecule has 3 rings (SSSR count). The highest BCUT2D eigenvalue weighted by molar-refractivity contribution is 5.93. The first-order valence-corrected chi connectivity index (χ1v) is 7.46. The second-order valence-corrected chi connectivity index (χ2v) is 5.60. The molecule has 0 aliphatic carbocycles. The summed E-state index contributed by atoms with van der Waals surface area (Å²) in [5, 5.41) is 10.4. The second-order valence-electron chi connectivity index (χ2n) is 5.60. The summed E-state index contributed by atoms with van der Waals surface area (Å²) in [5.41, 5.74) is 1.81. The van der Waals surface area contributed by atoms with E-state index >= 15 is 0 Å². The molecule has 2 atom stereocenters. The summed E-state index contributed by atoms with van der Waals surface area (Å²) in [6.07, 6.45) is 1.88. The average Bonchev–Trinajstić information content (AvgIpc) is 3.19. The van der Waals surface area contributed by atoms with E-state index in [9.17, 15) is 4.79 Å². The number of nitrogens with one attached hydrogen (secondary N) is 1. The van der Waals surface area contributed by atoms with E-state index in [-0.39, 0.29) is 17.6 Å². The summed E-state index contributed by atoms with van der Waals surface area (Å²) in [6.45, 7) is 3.25. The zero-order chi connectivity index (χ0) is 15.4. The van der Waals surface area contributed by atoms with Crippen molar-refractivity contribution in [3.63, 3.8) is 0 Å². The van der Waals surface area contributed by atoms with Crippen LogP contribution in [0, 0.1) is 12.8 Å². The van der Waals surface area contributed by atoms with Gasteiger partial charge in [0.05, 0.1) is 6.04 Å². The lowest BCUT2D eigenvalue weighted by Crippen LogP contribution is -2.31. The lowest BCUT2D eigenvalue weighted by molar-refractivity contribution is 0.0918. The van der Waals surface area contributed by atoms with Crippen LogP contribution in [0.5, 0.6) is 0 Å². The first kappa shape index (κ1) is 14.7. The van der Waals surface area contributed by atoms with E-state index in [0.29, 0.717) is 11.6 Å². The summed E-state index contributed by atoms with van der Waals surface area (Å²) >= 11 is 0. The van der Waals surface area contributed by atoms with Gasteiger partial charge in [0.25, 0.3) is 5.91 Å². The molecular weight excluding hydrogens is 282 g/mol. The fourth-order valence-corrected chi connectivity index (χ4v) is 2.73. The van der Waals surface area contributed by atoms with E-state index in [0.717, 1.165) is 31.6 Å². The topological polar surface area (TPSA) is 77.2 Å². The molecule has 0 saturated carbocycles. The number of hydrogen-bond acceptors (Lipinski definition) is 5. The largest absolute Gasteiger partial charge is 0.381 e. The van der Waals surface area contributed by atoms with Gasteiger partial charge in [-0.2, -0.15) is 0 Å². The number of benzene rings is 1. The smallest absolute Gasteiger partial charge is 0.275 e. The van der Waals surface area contributed by atoms with E-state index in [1.807, 2.05) is 30.3 Å². The number of carbonyl (C=O) groups excluding carboxylic acids is 1. The summed E-state index contributed by atoms with van der Waals surface area (Å²) in [7, 11) is 0. The Morgan fingerprint density at radius 1 is 1.36 bits per heavy atom. The number of carbonyl (C=O) groups is 1. The third-order valence-electron chi connectivity index (χ3n) is 3.97. The van der Waals surface area contributed by atoms with Crippen molar-refractivity contribution in [1.82, 2.24) is 15.6 Å². The average molecular weight is 301 g/mol. The minimum atomic E-state index is -0.258. The number of rotatable bonds is 5. The van der Waals surface area contributed by atoms with Gasteiger partial charge in [0.2, 0.25) is 0 Å². The molecule has 1 N–H and O–H groups in total. The van der Waals surface area contributed by atoms with Gasteiger partial charge in [0, 0.05) is 13.2 Å². The standard InChI is InChI=1S/C16H19N3O3/c1-11-15(19-22-18-11)16(20)17-14(9-12-7-8-21-10-12)13-5-3-2-4-6-13/h2-6,12,14H,7-10H2,1H3,(H,17,20). The molecule has 2 heterocycles. The third kappa shape index (κ3) is 3.33. The highest BCUT2D eigenvalue weighted by Gasteiger charge is 2.25. The Hall–Kier alpha value is -2.21. The molecule has 22 heavy (non-hydrogen) atoms. The van der Waals surface area contributed by atoms with Gasteiger partial charge < -0.3 is 10.1 Å². The molecule has 6 nitrogen and oxygen atoms in total. The number of hydrogen-bond donors (Lipinski definition) is 1. The molecule has 1 saturated heterocycles. The maximum absolute atomic E-state index is 12.4. The Bertz CT molecular complexity index is 621. The van der Waals surface area contributed by atoms with Gasteiger partial charge in [-0.3, -0.25) is 4.79 Å². The SMILES string of the molecule is Cc1nonc1C(=O)NC(CC1CCOC1)c1ccccc1. The van der Waals surface area contributed by atoms with Crippen molar-refractivity contribution in [3.05, 3.63) is 47.3 Å². The normalized spacial score (nSPS) is 19.0. The van der Waals surface area contributed by atoms with Crippen LogP contribution in [-0.2, 0) is 4.74 Å². The van der Waals surface area contributed by atoms with Crippen molar-refractivity contribution in [2.75, 3.05) is 13.2 Å². The van der Waals surface area contributed by atoms with Crippen molar-refractivity contribution in [3.8, 4) is 0 Å². The van der Waals surface area contributed by atoms with Crippen molar-refractivity contribution in [2.24, 2.45) is 5.92 Å². The van der Waals surface area contributed by atoms with Gasteiger partial charge >= 0.3 is 0 Å². The molecule has 1 fully saturated rings. The zero-order valence-corrected chi connectivity index (χ0v) is 12.5. The Labute approximate surface area is 128 Å². The van der Waals surface area contributed by atoms with Crippen LogP contribution in [0.15, 0.2) is 35.0 Å². The van der Waals surface area contributed by atoms with Gasteiger partial charge in [0.1, 0.15) is 5.69 Å².